The standard InChI is InChI=1S/C15H23N5O.2ClH/c16-12-7-11(8-12)13-9-14(19-10-18-13)17-4-6-20-5-2-1-3-15(20)21;;/h9-12H,1-8,16H2,(H,17,18,19);2*1H. The highest BCUT2D eigenvalue weighted by molar-refractivity contribution is 5.85. The minimum Gasteiger partial charge on any atom is -0.368 e. The average Bonchev–Trinajstić information content (AvgIpc) is 2.46. The Kier molecular flexibility index (Phi) is 8.02. The summed E-state index contributed by atoms with van der Waals surface area (Å²) in [6.07, 6.45) is 6.47. The highest BCUT2D eigenvalue weighted by Crippen LogP contribution is 2.34. The van der Waals surface area contributed by atoms with Gasteiger partial charge in [-0.2, -0.15) is 0 Å². The van der Waals surface area contributed by atoms with E-state index in [1.54, 1.807) is 6.33 Å². The Balaban J connectivity index is 0.00000132. The molecule has 1 aromatic rings. The van der Waals surface area contributed by atoms with E-state index in [9.17, 15) is 4.79 Å². The van der Waals surface area contributed by atoms with Crippen LogP contribution in [-0.4, -0.2) is 46.5 Å². The minimum absolute atomic E-state index is 0. The summed E-state index contributed by atoms with van der Waals surface area (Å²) in [4.78, 5) is 22.2. The first-order valence-electron chi connectivity index (χ1n) is 7.81. The number of anilines is 1. The van der Waals surface area contributed by atoms with Crippen molar-refractivity contribution in [2.45, 2.75) is 44.1 Å². The topological polar surface area (TPSA) is 84.1 Å². The zero-order valence-corrected chi connectivity index (χ0v) is 14.7. The van der Waals surface area contributed by atoms with Gasteiger partial charge in [0.2, 0.25) is 5.91 Å². The highest BCUT2D eigenvalue weighted by Gasteiger charge is 2.28. The number of nitrogens with one attached hydrogen (secondary N) is 1. The van der Waals surface area contributed by atoms with Crippen molar-refractivity contribution in [2.24, 2.45) is 5.73 Å². The van der Waals surface area contributed by atoms with Crippen LogP contribution >= 0.6 is 24.8 Å². The van der Waals surface area contributed by atoms with Crippen molar-refractivity contribution < 1.29 is 4.79 Å². The predicted octanol–water partition coefficient (Wildman–Crippen LogP) is 1.95. The van der Waals surface area contributed by atoms with Crippen LogP contribution in [0, 0.1) is 0 Å². The Hall–Kier alpha value is -1.11. The fraction of sp³-hybridized carbons (Fsp3) is 0.667. The number of halogens is 2. The van der Waals surface area contributed by atoms with Gasteiger partial charge in [0.15, 0.2) is 0 Å². The molecule has 0 radical (unpaired) electrons. The van der Waals surface area contributed by atoms with E-state index in [2.05, 4.69) is 15.3 Å². The fourth-order valence-corrected chi connectivity index (χ4v) is 3.01. The lowest BCUT2D eigenvalue weighted by Crippen LogP contribution is -2.38. The van der Waals surface area contributed by atoms with E-state index in [1.165, 1.54) is 0 Å². The quantitative estimate of drug-likeness (QED) is 0.837. The number of carbonyl (C=O) groups excluding carboxylic acids is 1. The average molecular weight is 362 g/mol. The molecular formula is C15H25Cl2N5O. The molecule has 23 heavy (non-hydrogen) atoms. The van der Waals surface area contributed by atoms with E-state index in [0.29, 0.717) is 18.4 Å². The Morgan fingerprint density at radius 2 is 2.04 bits per heavy atom. The summed E-state index contributed by atoms with van der Waals surface area (Å²) in [5.41, 5.74) is 6.90. The van der Waals surface area contributed by atoms with Crippen molar-refractivity contribution in [3.63, 3.8) is 0 Å². The van der Waals surface area contributed by atoms with E-state index in [4.69, 9.17) is 5.73 Å². The number of hydrogen-bond donors (Lipinski definition) is 2. The molecule has 1 aliphatic carbocycles. The molecule has 3 rings (SSSR count). The molecule has 1 aliphatic heterocycles. The smallest absolute Gasteiger partial charge is 0.222 e. The zero-order chi connectivity index (χ0) is 14.7. The Morgan fingerprint density at radius 1 is 1.26 bits per heavy atom. The summed E-state index contributed by atoms with van der Waals surface area (Å²) in [7, 11) is 0. The first-order valence-corrected chi connectivity index (χ1v) is 7.81. The van der Waals surface area contributed by atoms with Crippen molar-refractivity contribution in [2.75, 3.05) is 25.0 Å². The van der Waals surface area contributed by atoms with Crippen molar-refractivity contribution >= 4 is 36.5 Å². The highest BCUT2D eigenvalue weighted by atomic mass is 35.5. The third-order valence-corrected chi connectivity index (χ3v) is 4.39. The molecule has 1 saturated carbocycles. The number of nitrogens with two attached hydrogens (primary N) is 1. The first-order chi connectivity index (χ1) is 10.2. The molecule has 1 saturated heterocycles. The maximum Gasteiger partial charge on any atom is 0.222 e. The molecule has 0 aromatic carbocycles. The molecule has 2 fully saturated rings. The number of nitrogens with zero attached hydrogens (tertiary/aromatic N) is 3. The van der Waals surface area contributed by atoms with E-state index < -0.39 is 0 Å². The van der Waals surface area contributed by atoms with Gasteiger partial charge in [-0.15, -0.1) is 24.8 Å². The van der Waals surface area contributed by atoms with Gasteiger partial charge in [0.1, 0.15) is 12.1 Å². The maximum absolute atomic E-state index is 11.7. The Bertz CT molecular complexity index is 510. The minimum atomic E-state index is 0. The molecule has 130 valence electrons. The van der Waals surface area contributed by atoms with Gasteiger partial charge in [-0.05, 0) is 25.7 Å². The SMILES string of the molecule is Cl.Cl.NC1CC(c2cc(NCCN3CCCCC3=O)ncn2)C1. The van der Waals surface area contributed by atoms with Crippen molar-refractivity contribution in [3.05, 3.63) is 18.1 Å². The van der Waals surface area contributed by atoms with Gasteiger partial charge in [0, 0.05) is 49.8 Å². The van der Waals surface area contributed by atoms with E-state index in [-0.39, 0.29) is 30.7 Å². The number of likely N-dealkylation sites (tertiary alicyclic amines) is 1. The number of amides is 1. The van der Waals surface area contributed by atoms with Crippen LogP contribution in [0.5, 0.6) is 0 Å². The van der Waals surface area contributed by atoms with Gasteiger partial charge in [-0.25, -0.2) is 9.97 Å². The van der Waals surface area contributed by atoms with Crippen LogP contribution < -0.4 is 11.1 Å². The first kappa shape index (κ1) is 19.9. The monoisotopic (exact) mass is 361 g/mol. The molecule has 3 N–H and O–H groups in total. The lowest BCUT2D eigenvalue weighted by molar-refractivity contribution is -0.133. The molecular weight excluding hydrogens is 337 g/mol. The van der Waals surface area contributed by atoms with E-state index in [0.717, 1.165) is 56.8 Å². The molecule has 2 heterocycles. The number of piperidine rings is 1. The number of hydrogen-bond acceptors (Lipinski definition) is 5. The number of aromatic nitrogens is 2. The van der Waals surface area contributed by atoms with Crippen molar-refractivity contribution in [3.8, 4) is 0 Å². The second-order valence-corrected chi connectivity index (χ2v) is 6.02. The molecule has 1 amide bonds. The number of rotatable bonds is 5. The normalized spacial score (nSPS) is 23.3. The molecule has 6 nitrogen and oxygen atoms in total. The van der Waals surface area contributed by atoms with E-state index >= 15 is 0 Å². The Labute approximate surface area is 149 Å². The summed E-state index contributed by atoms with van der Waals surface area (Å²) in [6.45, 7) is 2.36. The van der Waals surface area contributed by atoms with Crippen molar-refractivity contribution in [1.29, 1.82) is 0 Å². The largest absolute Gasteiger partial charge is 0.368 e. The van der Waals surface area contributed by atoms with Gasteiger partial charge in [0.05, 0.1) is 0 Å². The Morgan fingerprint density at radius 3 is 2.74 bits per heavy atom. The molecule has 0 bridgehead atoms. The van der Waals surface area contributed by atoms with Gasteiger partial charge >= 0.3 is 0 Å². The van der Waals surface area contributed by atoms with Crippen LogP contribution in [0.2, 0.25) is 0 Å². The lowest BCUT2D eigenvalue weighted by Gasteiger charge is -2.31. The van der Waals surface area contributed by atoms with Gasteiger partial charge in [-0.1, -0.05) is 0 Å². The fourth-order valence-electron chi connectivity index (χ4n) is 3.01. The second-order valence-electron chi connectivity index (χ2n) is 6.02. The zero-order valence-electron chi connectivity index (χ0n) is 13.1. The second kappa shape index (κ2) is 9.25. The van der Waals surface area contributed by atoms with Crippen LogP contribution in [0.3, 0.4) is 0 Å². The molecule has 0 spiro atoms. The third kappa shape index (κ3) is 5.19. The van der Waals surface area contributed by atoms with Gasteiger partial charge in [-0.3, -0.25) is 4.79 Å². The lowest BCUT2D eigenvalue weighted by atomic mass is 9.79. The molecule has 0 atom stereocenters. The van der Waals surface area contributed by atoms with Crippen molar-refractivity contribution in [1.82, 2.24) is 14.9 Å². The molecule has 1 aromatic heterocycles. The summed E-state index contributed by atoms with van der Waals surface area (Å²) in [5, 5.41) is 3.29. The third-order valence-electron chi connectivity index (χ3n) is 4.39. The van der Waals surface area contributed by atoms with Crippen LogP contribution in [0.15, 0.2) is 12.4 Å². The number of carbonyl (C=O) groups is 1. The van der Waals surface area contributed by atoms with Crippen LogP contribution in [0.4, 0.5) is 5.82 Å². The maximum atomic E-state index is 11.7. The van der Waals surface area contributed by atoms with Gasteiger partial charge < -0.3 is 16.0 Å². The molecule has 0 unspecified atom stereocenters. The summed E-state index contributed by atoms with van der Waals surface area (Å²) in [5.74, 6) is 1.59. The van der Waals surface area contributed by atoms with Crippen LogP contribution in [0.25, 0.3) is 0 Å². The predicted molar refractivity (Wildman–Crippen MR) is 95.4 cm³/mol. The molecule has 2 aliphatic rings. The van der Waals surface area contributed by atoms with Gasteiger partial charge in [0.25, 0.3) is 0 Å². The summed E-state index contributed by atoms with van der Waals surface area (Å²) in [6, 6.07) is 2.33. The van der Waals surface area contributed by atoms with Crippen LogP contribution in [-0.2, 0) is 4.79 Å². The summed E-state index contributed by atoms with van der Waals surface area (Å²) < 4.78 is 0. The molecule has 8 heteroatoms. The van der Waals surface area contributed by atoms with Crippen LogP contribution in [0.1, 0.15) is 43.7 Å². The summed E-state index contributed by atoms with van der Waals surface area (Å²) >= 11 is 0. The van der Waals surface area contributed by atoms with E-state index in [1.807, 2.05) is 11.0 Å².